The Morgan fingerprint density at radius 2 is 1.71 bits per heavy atom. The molecule has 0 saturated carbocycles. The Bertz CT molecular complexity index is 324. The summed E-state index contributed by atoms with van der Waals surface area (Å²) in [4.78, 5) is 0. The topological polar surface area (TPSA) is 21.3 Å². The van der Waals surface area contributed by atoms with Gasteiger partial charge >= 0.3 is 0 Å². The Morgan fingerprint density at radius 3 is 2.29 bits per heavy atom. The molecule has 0 aromatic heterocycles. The first-order valence-corrected chi connectivity index (χ1v) is 6.41. The van der Waals surface area contributed by atoms with Gasteiger partial charge in [-0.05, 0) is 56.8 Å². The maximum absolute atomic E-state index is 5.00. The molecule has 0 spiro atoms. The van der Waals surface area contributed by atoms with Crippen molar-refractivity contribution in [1.82, 2.24) is 5.32 Å². The van der Waals surface area contributed by atoms with E-state index in [-0.39, 0.29) is 0 Å². The van der Waals surface area contributed by atoms with E-state index in [1.54, 1.807) is 7.11 Å². The van der Waals surface area contributed by atoms with Gasteiger partial charge in [-0.3, -0.25) is 0 Å². The van der Waals surface area contributed by atoms with Gasteiger partial charge in [0.2, 0.25) is 0 Å². The van der Waals surface area contributed by atoms with Gasteiger partial charge in [0.15, 0.2) is 0 Å². The van der Waals surface area contributed by atoms with Gasteiger partial charge in [0.05, 0.1) is 6.61 Å². The van der Waals surface area contributed by atoms with E-state index in [4.69, 9.17) is 4.74 Å². The summed E-state index contributed by atoms with van der Waals surface area (Å²) in [6.07, 6.45) is 2.35. The monoisotopic (exact) mass is 235 g/mol. The van der Waals surface area contributed by atoms with Crippen molar-refractivity contribution in [3.63, 3.8) is 0 Å². The number of hydrogen-bond acceptors (Lipinski definition) is 2. The predicted molar refractivity (Wildman–Crippen MR) is 73.7 cm³/mol. The first-order valence-electron chi connectivity index (χ1n) is 6.41. The zero-order valence-electron chi connectivity index (χ0n) is 11.6. The Morgan fingerprint density at radius 1 is 1.06 bits per heavy atom. The van der Waals surface area contributed by atoms with Gasteiger partial charge in [-0.2, -0.15) is 0 Å². The number of aryl methyl sites for hydroxylation is 3. The molecule has 0 heterocycles. The molecule has 0 aliphatic heterocycles. The summed E-state index contributed by atoms with van der Waals surface area (Å²) in [5.41, 5.74) is 5.74. The fraction of sp³-hybridized carbons (Fsp3) is 0.600. The standard InChI is InChI=1S/C15H25NO/c1-12-10-13(2)15(14(3)11-12)6-5-7-16-8-9-17-4/h10-11,16H,5-9H2,1-4H3. The van der Waals surface area contributed by atoms with Gasteiger partial charge in [-0.25, -0.2) is 0 Å². The maximum atomic E-state index is 5.00. The van der Waals surface area contributed by atoms with Gasteiger partial charge in [0.25, 0.3) is 0 Å². The van der Waals surface area contributed by atoms with Crippen LogP contribution in [0.2, 0.25) is 0 Å². The van der Waals surface area contributed by atoms with Crippen molar-refractivity contribution < 1.29 is 4.74 Å². The lowest BCUT2D eigenvalue weighted by atomic mass is 9.96. The van der Waals surface area contributed by atoms with Crippen molar-refractivity contribution in [2.75, 3.05) is 26.8 Å². The van der Waals surface area contributed by atoms with E-state index in [9.17, 15) is 0 Å². The number of ether oxygens (including phenoxy) is 1. The second kappa shape index (κ2) is 7.46. The number of benzene rings is 1. The van der Waals surface area contributed by atoms with Crippen LogP contribution in [0.25, 0.3) is 0 Å². The Hall–Kier alpha value is -0.860. The first kappa shape index (κ1) is 14.2. The SMILES string of the molecule is COCCNCCCc1c(C)cc(C)cc1C. The molecule has 0 atom stereocenters. The lowest BCUT2D eigenvalue weighted by Gasteiger charge is -2.11. The number of hydrogen-bond donors (Lipinski definition) is 1. The van der Waals surface area contributed by atoms with Crippen LogP contribution < -0.4 is 5.32 Å². The molecule has 0 amide bonds. The van der Waals surface area contributed by atoms with E-state index in [0.29, 0.717) is 0 Å². The molecule has 1 N–H and O–H groups in total. The molecule has 17 heavy (non-hydrogen) atoms. The Balaban J connectivity index is 2.36. The second-order valence-corrected chi connectivity index (χ2v) is 4.72. The van der Waals surface area contributed by atoms with Crippen molar-refractivity contribution in [3.8, 4) is 0 Å². The van der Waals surface area contributed by atoms with Gasteiger partial charge < -0.3 is 10.1 Å². The average molecular weight is 235 g/mol. The van der Waals surface area contributed by atoms with Gasteiger partial charge in [-0.15, -0.1) is 0 Å². The molecule has 0 aliphatic rings. The van der Waals surface area contributed by atoms with Crippen molar-refractivity contribution in [3.05, 3.63) is 34.4 Å². The van der Waals surface area contributed by atoms with Crippen LogP contribution in [0.1, 0.15) is 28.7 Å². The molecule has 1 aromatic carbocycles. The summed E-state index contributed by atoms with van der Waals surface area (Å²) >= 11 is 0. The van der Waals surface area contributed by atoms with Crippen LogP contribution in [0.3, 0.4) is 0 Å². The van der Waals surface area contributed by atoms with E-state index in [1.165, 1.54) is 28.7 Å². The number of rotatable bonds is 7. The highest BCUT2D eigenvalue weighted by molar-refractivity contribution is 5.37. The highest BCUT2D eigenvalue weighted by atomic mass is 16.5. The molecule has 0 saturated heterocycles. The van der Waals surface area contributed by atoms with E-state index < -0.39 is 0 Å². The zero-order chi connectivity index (χ0) is 12.7. The summed E-state index contributed by atoms with van der Waals surface area (Å²) in [5, 5.41) is 3.38. The normalized spacial score (nSPS) is 10.8. The van der Waals surface area contributed by atoms with E-state index in [1.807, 2.05) is 0 Å². The predicted octanol–water partition coefficient (Wildman–Crippen LogP) is 2.78. The largest absolute Gasteiger partial charge is 0.383 e. The molecule has 1 rings (SSSR count). The average Bonchev–Trinajstić information content (AvgIpc) is 2.26. The first-order chi connectivity index (χ1) is 8.15. The minimum Gasteiger partial charge on any atom is -0.383 e. The fourth-order valence-corrected chi connectivity index (χ4v) is 2.29. The lowest BCUT2D eigenvalue weighted by Crippen LogP contribution is -2.20. The molecule has 96 valence electrons. The van der Waals surface area contributed by atoms with Crippen LogP contribution in [0.15, 0.2) is 12.1 Å². The summed E-state index contributed by atoms with van der Waals surface area (Å²) in [7, 11) is 1.74. The van der Waals surface area contributed by atoms with Gasteiger partial charge in [0.1, 0.15) is 0 Å². The van der Waals surface area contributed by atoms with E-state index in [0.717, 1.165) is 26.1 Å². The smallest absolute Gasteiger partial charge is 0.0587 e. The Kier molecular flexibility index (Phi) is 6.23. The van der Waals surface area contributed by atoms with Crippen LogP contribution in [-0.4, -0.2) is 26.8 Å². The highest BCUT2D eigenvalue weighted by Crippen LogP contribution is 2.17. The fourth-order valence-electron chi connectivity index (χ4n) is 2.29. The maximum Gasteiger partial charge on any atom is 0.0587 e. The quantitative estimate of drug-likeness (QED) is 0.734. The third kappa shape index (κ3) is 4.88. The highest BCUT2D eigenvalue weighted by Gasteiger charge is 2.03. The molecule has 2 nitrogen and oxygen atoms in total. The van der Waals surface area contributed by atoms with Crippen molar-refractivity contribution in [2.45, 2.75) is 33.6 Å². The van der Waals surface area contributed by atoms with Crippen LogP contribution in [-0.2, 0) is 11.2 Å². The third-order valence-corrected chi connectivity index (χ3v) is 3.10. The molecule has 2 heteroatoms. The molecular weight excluding hydrogens is 210 g/mol. The summed E-state index contributed by atoms with van der Waals surface area (Å²) < 4.78 is 5.00. The van der Waals surface area contributed by atoms with E-state index in [2.05, 4.69) is 38.2 Å². The molecule has 0 unspecified atom stereocenters. The van der Waals surface area contributed by atoms with Crippen molar-refractivity contribution in [1.29, 1.82) is 0 Å². The van der Waals surface area contributed by atoms with Crippen molar-refractivity contribution in [2.24, 2.45) is 0 Å². The summed E-state index contributed by atoms with van der Waals surface area (Å²) in [6.45, 7) is 9.40. The van der Waals surface area contributed by atoms with Gasteiger partial charge in [-0.1, -0.05) is 17.7 Å². The second-order valence-electron chi connectivity index (χ2n) is 4.72. The minimum atomic E-state index is 0.794. The third-order valence-electron chi connectivity index (χ3n) is 3.10. The van der Waals surface area contributed by atoms with Crippen LogP contribution in [0.4, 0.5) is 0 Å². The lowest BCUT2D eigenvalue weighted by molar-refractivity contribution is 0.199. The van der Waals surface area contributed by atoms with E-state index >= 15 is 0 Å². The minimum absolute atomic E-state index is 0.794. The van der Waals surface area contributed by atoms with Crippen LogP contribution in [0, 0.1) is 20.8 Å². The summed E-state index contributed by atoms with van der Waals surface area (Å²) in [5.74, 6) is 0. The number of nitrogens with one attached hydrogen (secondary N) is 1. The molecular formula is C15H25NO. The molecule has 0 aliphatic carbocycles. The van der Waals surface area contributed by atoms with Gasteiger partial charge in [0, 0.05) is 13.7 Å². The van der Waals surface area contributed by atoms with Crippen LogP contribution >= 0.6 is 0 Å². The molecule has 1 aromatic rings. The molecule has 0 radical (unpaired) electrons. The Labute approximate surface area is 105 Å². The number of methoxy groups -OCH3 is 1. The zero-order valence-corrected chi connectivity index (χ0v) is 11.6. The van der Waals surface area contributed by atoms with Crippen molar-refractivity contribution >= 4 is 0 Å². The van der Waals surface area contributed by atoms with Crippen LogP contribution in [0.5, 0.6) is 0 Å². The summed E-state index contributed by atoms with van der Waals surface area (Å²) in [6, 6.07) is 4.56. The molecule has 0 fully saturated rings. The molecule has 0 bridgehead atoms.